The van der Waals surface area contributed by atoms with Crippen LogP contribution in [-0.2, 0) is 11.2 Å². The Morgan fingerprint density at radius 3 is 2.83 bits per heavy atom. The fourth-order valence-electron chi connectivity index (χ4n) is 3.73. The molecule has 1 fully saturated rings. The lowest BCUT2D eigenvalue weighted by atomic mass is 9.75. The van der Waals surface area contributed by atoms with E-state index < -0.39 is 0 Å². The molecule has 1 aromatic heterocycles. The Labute approximate surface area is 136 Å². The van der Waals surface area contributed by atoms with Crippen molar-refractivity contribution in [2.75, 3.05) is 13.1 Å². The molecule has 6 heteroatoms. The molecule has 23 heavy (non-hydrogen) atoms. The summed E-state index contributed by atoms with van der Waals surface area (Å²) < 4.78 is 5.80. The van der Waals surface area contributed by atoms with Gasteiger partial charge in [0.2, 0.25) is 5.91 Å². The predicted octanol–water partition coefficient (Wildman–Crippen LogP) is 2.12. The van der Waals surface area contributed by atoms with Crippen LogP contribution >= 0.6 is 0 Å². The number of amides is 3. The molecule has 1 aliphatic heterocycles. The molecule has 2 heterocycles. The van der Waals surface area contributed by atoms with Gasteiger partial charge in [-0.3, -0.25) is 4.79 Å². The molecule has 1 saturated heterocycles. The molecule has 3 N–H and O–H groups in total. The number of nitrogens with zero attached hydrogens (tertiary/aromatic N) is 1. The van der Waals surface area contributed by atoms with Crippen molar-refractivity contribution >= 4 is 11.9 Å². The van der Waals surface area contributed by atoms with Crippen molar-refractivity contribution in [3.05, 3.63) is 23.2 Å². The van der Waals surface area contributed by atoms with E-state index in [0.29, 0.717) is 19.5 Å². The number of furan rings is 1. The maximum Gasteiger partial charge on any atom is 0.317 e. The van der Waals surface area contributed by atoms with Gasteiger partial charge in [-0.25, -0.2) is 4.79 Å². The average Bonchev–Trinajstić information content (AvgIpc) is 3.03. The first kappa shape index (κ1) is 15.9. The Morgan fingerprint density at radius 1 is 1.43 bits per heavy atom. The Kier molecular flexibility index (Phi) is 3.86. The van der Waals surface area contributed by atoms with Crippen molar-refractivity contribution in [2.24, 2.45) is 17.1 Å². The largest absolute Gasteiger partial charge is 0.466 e. The maximum absolute atomic E-state index is 12.5. The second kappa shape index (κ2) is 5.58. The van der Waals surface area contributed by atoms with Crippen LogP contribution in [0.1, 0.15) is 49.8 Å². The summed E-state index contributed by atoms with van der Waals surface area (Å²) in [4.78, 5) is 25.5. The third-order valence-electron chi connectivity index (χ3n) is 4.91. The highest BCUT2D eigenvalue weighted by Gasteiger charge is 2.37. The van der Waals surface area contributed by atoms with Crippen LogP contribution in [0.15, 0.2) is 10.5 Å². The lowest BCUT2D eigenvalue weighted by Crippen LogP contribution is -2.43. The van der Waals surface area contributed by atoms with Crippen LogP contribution in [0.25, 0.3) is 0 Å². The van der Waals surface area contributed by atoms with Crippen LogP contribution in [-0.4, -0.2) is 29.9 Å². The zero-order valence-electron chi connectivity index (χ0n) is 14.0. The first-order valence-electron chi connectivity index (χ1n) is 8.19. The number of carbonyl (C=O) groups excluding carboxylic acids is 2. The lowest BCUT2D eigenvalue weighted by Gasteiger charge is -2.35. The minimum absolute atomic E-state index is 0.0497. The van der Waals surface area contributed by atoms with Gasteiger partial charge in [0.25, 0.3) is 0 Å². The van der Waals surface area contributed by atoms with E-state index in [1.54, 1.807) is 4.90 Å². The molecule has 3 amide bonds. The van der Waals surface area contributed by atoms with E-state index in [9.17, 15) is 9.59 Å². The summed E-state index contributed by atoms with van der Waals surface area (Å²) in [5.74, 6) is 1.30. The van der Waals surface area contributed by atoms with E-state index in [4.69, 9.17) is 10.2 Å². The number of rotatable bonds is 2. The number of primary amides is 1. The molecular weight excluding hydrogens is 294 g/mol. The van der Waals surface area contributed by atoms with E-state index in [1.807, 2.05) is 13.0 Å². The van der Waals surface area contributed by atoms with E-state index in [2.05, 4.69) is 19.2 Å². The smallest absolute Gasteiger partial charge is 0.317 e. The number of likely N-dealkylation sites (tertiary alicyclic amines) is 1. The molecule has 2 aliphatic rings. The first-order valence-corrected chi connectivity index (χ1v) is 8.19. The Bertz CT molecular complexity index is 635. The highest BCUT2D eigenvalue weighted by molar-refractivity contribution is 5.80. The van der Waals surface area contributed by atoms with Gasteiger partial charge >= 0.3 is 6.03 Å². The molecule has 2 unspecified atom stereocenters. The average molecular weight is 319 g/mol. The van der Waals surface area contributed by atoms with Gasteiger partial charge in [0.05, 0.1) is 12.0 Å². The van der Waals surface area contributed by atoms with Gasteiger partial charge in [-0.15, -0.1) is 0 Å². The molecule has 0 radical (unpaired) electrons. The van der Waals surface area contributed by atoms with Crippen molar-refractivity contribution in [3.8, 4) is 0 Å². The SMILES string of the molecule is Cc1cc2c(o1)CC(C)(C)CC2NC(=O)N1CCC(C(N)=O)C1. The fraction of sp³-hybridized carbons (Fsp3) is 0.647. The van der Waals surface area contributed by atoms with Crippen molar-refractivity contribution in [1.82, 2.24) is 10.2 Å². The van der Waals surface area contributed by atoms with Gasteiger partial charge in [0.15, 0.2) is 0 Å². The van der Waals surface area contributed by atoms with Gasteiger partial charge in [-0.05, 0) is 31.2 Å². The zero-order valence-corrected chi connectivity index (χ0v) is 14.0. The minimum atomic E-state index is -0.327. The standard InChI is InChI=1S/C17H25N3O3/c1-10-6-12-13(7-17(2,3)8-14(12)23-10)19-16(22)20-5-4-11(9-20)15(18)21/h6,11,13H,4-5,7-9H2,1-3H3,(H2,18,21)(H,19,22). The zero-order chi connectivity index (χ0) is 16.8. The molecule has 2 atom stereocenters. The molecule has 3 rings (SSSR count). The third-order valence-corrected chi connectivity index (χ3v) is 4.91. The first-order chi connectivity index (χ1) is 10.7. The second-order valence-electron chi connectivity index (χ2n) is 7.62. The second-order valence-corrected chi connectivity index (χ2v) is 7.62. The van der Waals surface area contributed by atoms with Crippen LogP contribution < -0.4 is 11.1 Å². The molecule has 126 valence electrons. The van der Waals surface area contributed by atoms with Crippen molar-refractivity contribution in [1.29, 1.82) is 0 Å². The van der Waals surface area contributed by atoms with Crippen LogP contribution in [0, 0.1) is 18.3 Å². The van der Waals surface area contributed by atoms with E-state index in [0.717, 1.165) is 29.9 Å². The van der Waals surface area contributed by atoms with E-state index >= 15 is 0 Å². The maximum atomic E-state index is 12.5. The fourth-order valence-corrected chi connectivity index (χ4v) is 3.73. The molecule has 1 aromatic rings. The number of hydrogen-bond acceptors (Lipinski definition) is 3. The van der Waals surface area contributed by atoms with E-state index in [1.165, 1.54) is 0 Å². The van der Waals surface area contributed by atoms with Gasteiger partial charge in [-0.2, -0.15) is 0 Å². The normalized spacial score (nSPS) is 26.0. The van der Waals surface area contributed by atoms with Crippen LogP contribution in [0.5, 0.6) is 0 Å². The lowest BCUT2D eigenvalue weighted by molar-refractivity contribution is -0.121. The van der Waals surface area contributed by atoms with Gasteiger partial charge in [0, 0.05) is 25.1 Å². The number of fused-ring (bicyclic) bond motifs is 1. The number of urea groups is 1. The van der Waals surface area contributed by atoms with Crippen LogP contribution in [0.3, 0.4) is 0 Å². The number of nitrogens with one attached hydrogen (secondary N) is 1. The predicted molar refractivity (Wildman–Crippen MR) is 85.7 cm³/mol. The summed E-state index contributed by atoms with van der Waals surface area (Å²) in [5, 5.41) is 3.12. The Morgan fingerprint density at radius 2 is 2.17 bits per heavy atom. The number of nitrogens with two attached hydrogens (primary N) is 1. The molecule has 0 bridgehead atoms. The van der Waals surface area contributed by atoms with Crippen molar-refractivity contribution in [3.63, 3.8) is 0 Å². The van der Waals surface area contributed by atoms with Gasteiger partial charge < -0.3 is 20.4 Å². The molecule has 0 saturated carbocycles. The monoisotopic (exact) mass is 319 g/mol. The summed E-state index contributed by atoms with van der Waals surface area (Å²) in [5.41, 5.74) is 6.50. The summed E-state index contributed by atoms with van der Waals surface area (Å²) in [6, 6.07) is 1.85. The highest BCUT2D eigenvalue weighted by atomic mass is 16.3. The highest BCUT2D eigenvalue weighted by Crippen LogP contribution is 2.42. The van der Waals surface area contributed by atoms with Gasteiger partial charge in [0.1, 0.15) is 11.5 Å². The molecule has 0 aromatic carbocycles. The summed E-state index contributed by atoms with van der Waals surface area (Å²) in [6.07, 6.45) is 2.41. The minimum Gasteiger partial charge on any atom is -0.466 e. The number of carbonyl (C=O) groups is 2. The molecule has 6 nitrogen and oxygen atoms in total. The quantitative estimate of drug-likeness (QED) is 0.875. The molecule has 0 spiro atoms. The summed E-state index contributed by atoms with van der Waals surface area (Å²) in [6.45, 7) is 7.29. The third kappa shape index (κ3) is 3.21. The molecule has 1 aliphatic carbocycles. The number of aryl methyl sites for hydroxylation is 1. The summed E-state index contributed by atoms with van der Waals surface area (Å²) in [7, 11) is 0. The summed E-state index contributed by atoms with van der Waals surface area (Å²) >= 11 is 0. The van der Waals surface area contributed by atoms with Crippen molar-refractivity contribution < 1.29 is 14.0 Å². The van der Waals surface area contributed by atoms with Crippen LogP contribution in [0.4, 0.5) is 4.79 Å². The van der Waals surface area contributed by atoms with Crippen LogP contribution in [0.2, 0.25) is 0 Å². The Hall–Kier alpha value is -1.98. The van der Waals surface area contributed by atoms with Crippen molar-refractivity contribution in [2.45, 2.75) is 46.1 Å². The van der Waals surface area contributed by atoms with E-state index in [-0.39, 0.29) is 29.3 Å². The van der Waals surface area contributed by atoms with Gasteiger partial charge in [-0.1, -0.05) is 13.8 Å². The number of hydrogen-bond donors (Lipinski definition) is 2. The topological polar surface area (TPSA) is 88.6 Å². The molecular formula is C17H25N3O3. The Balaban J connectivity index is 1.72.